The molecule has 0 radical (unpaired) electrons. The van der Waals surface area contributed by atoms with Crippen LogP contribution in [0.3, 0.4) is 0 Å². The molecule has 0 unspecified atom stereocenters. The molecule has 2 aromatic carbocycles. The molecule has 0 bridgehead atoms. The van der Waals surface area contributed by atoms with Gasteiger partial charge >= 0.3 is 0 Å². The summed E-state index contributed by atoms with van der Waals surface area (Å²) in [5.74, 6) is 0.0581. The minimum atomic E-state index is 0.0581. The third-order valence-corrected chi connectivity index (χ3v) is 5.62. The number of carbonyl (C=O) groups is 1. The van der Waals surface area contributed by atoms with Gasteiger partial charge in [-0.2, -0.15) is 0 Å². The summed E-state index contributed by atoms with van der Waals surface area (Å²) < 4.78 is 0. The molecule has 148 valence electrons. The Labute approximate surface area is 176 Å². The van der Waals surface area contributed by atoms with Crippen LogP contribution in [0.4, 0.5) is 11.4 Å². The number of amides is 1. The van der Waals surface area contributed by atoms with Gasteiger partial charge in [0.15, 0.2) is 11.7 Å². The Hall–Kier alpha value is -2.15. The molecule has 1 saturated heterocycles. The fourth-order valence-corrected chi connectivity index (χ4v) is 3.79. The van der Waals surface area contributed by atoms with Crippen LogP contribution in [0, 0.1) is 13.8 Å². The van der Waals surface area contributed by atoms with Gasteiger partial charge in [-0.05, 0) is 61.5 Å². The van der Waals surface area contributed by atoms with Crippen molar-refractivity contribution in [2.75, 3.05) is 43.4 Å². The van der Waals surface area contributed by atoms with Crippen molar-refractivity contribution in [3.05, 3.63) is 58.6 Å². The van der Waals surface area contributed by atoms with Crippen molar-refractivity contribution < 1.29 is 9.69 Å². The van der Waals surface area contributed by atoms with Crippen LogP contribution in [0.2, 0.25) is 5.02 Å². The Morgan fingerprint density at radius 2 is 1.68 bits per heavy atom. The number of piperazine rings is 1. The van der Waals surface area contributed by atoms with E-state index >= 15 is 0 Å². The highest BCUT2D eigenvalue weighted by molar-refractivity contribution is 7.80. The number of rotatable bonds is 4. The lowest BCUT2D eigenvalue weighted by molar-refractivity contribution is -0.895. The first-order valence-corrected chi connectivity index (χ1v) is 10.2. The lowest BCUT2D eigenvalue weighted by Crippen LogP contribution is -3.15. The maximum atomic E-state index is 12.5. The molecule has 0 aliphatic carbocycles. The molecule has 1 aliphatic heterocycles. The van der Waals surface area contributed by atoms with Crippen LogP contribution in [0.1, 0.15) is 11.1 Å². The lowest BCUT2D eigenvalue weighted by atomic mass is 10.1. The number of quaternary nitrogens is 1. The molecule has 5 nitrogen and oxygen atoms in total. The number of hydrogen-bond acceptors (Lipinski definition) is 2. The van der Waals surface area contributed by atoms with Crippen molar-refractivity contribution in [2.45, 2.75) is 13.8 Å². The zero-order valence-electron chi connectivity index (χ0n) is 16.2. The number of nitrogens with zero attached hydrogens (tertiary/aromatic N) is 1. The van der Waals surface area contributed by atoms with Crippen molar-refractivity contribution in [3.8, 4) is 0 Å². The van der Waals surface area contributed by atoms with Crippen molar-refractivity contribution in [3.63, 3.8) is 0 Å². The zero-order chi connectivity index (χ0) is 20.1. The summed E-state index contributed by atoms with van der Waals surface area (Å²) in [6, 6.07) is 13.5. The first kappa shape index (κ1) is 20.6. The molecular weight excluding hydrogens is 392 g/mol. The first-order valence-electron chi connectivity index (χ1n) is 9.43. The molecule has 1 amide bonds. The summed E-state index contributed by atoms with van der Waals surface area (Å²) in [6.45, 7) is 7.91. The minimum absolute atomic E-state index is 0.0581. The standard InChI is InChI=1S/C21H25ClN4OS/c1-15-4-3-5-16(2)20(15)24-19(27)14-25-10-12-26(13-11-25)21(28)23-18-8-6-17(22)7-9-18/h3-9H,10-14H2,1-2H3,(H,23,28)(H,24,27)/p+1. The molecule has 2 aromatic rings. The van der Waals surface area contributed by atoms with E-state index in [1.165, 1.54) is 4.90 Å². The Kier molecular flexibility index (Phi) is 6.88. The van der Waals surface area contributed by atoms with Gasteiger partial charge in [0.1, 0.15) is 0 Å². The zero-order valence-corrected chi connectivity index (χ0v) is 17.8. The predicted octanol–water partition coefficient (Wildman–Crippen LogP) is 2.49. The molecule has 28 heavy (non-hydrogen) atoms. The molecular formula is C21H26ClN4OS+. The number of halogens is 1. The molecule has 1 heterocycles. The van der Waals surface area contributed by atoms with Gasteiger partial charge in [-0.15, -0.1) is 0 Å². The van der Waals surface area contributed by atoms with Crippen LogP contribution >= 0.6 is 23.8 Å². The monoisotopic (exact) mass is 417 g/mol. The number of para-hydroxylation sites is 1. The molecule has 0 spiro atoms. The molecule has 1 fully saturated rings. The molecule has 3 N–H and O–H groups in total. The van der Waals surface area contributed by atoms with Crippen LogP contribution < -0.4 is 15.5 Å². The van der Waals surface area contributed by atoms with E-state index in [-0.39, 0.29) is 5.91 Å². The van der Waals surface area contributed by atoms with Crippen LogP contribution in [0.25, 0.3) is 0 Å². The number of carbonyl (C=O) groups excluding carboxylic acids is 1. The van der Waals surface area contributed by atoms with Gasteiger partial charge in [0, 0.05) is 16.4 Å². The van der Waals surface area contributed by atoms with Gasteiger partial charge in [0.05, 0.1) is 26.2 Å². The fourth-order valence-electron chi connectivity index (χ4n) is 3.36. The first-order chi connectivity index (χ1) is 13.4. The molecule has 0 aromatic heterocycles. The van der Waals surface area contributed by atoms with Gasteiger partial charge in [-0.3, -0.25) is 4.79 Å². The van der Waals surface area contributed by atoms with E-state index in [2.05, 4.69) is 15.5 Å². The third kappa shape index (κ3) is 5.44. The van der Waals surface area contributed by atoms with E-state index in [0.29, 0.717) is 16.7 Å². The predicted molar refractivity (Wildman–Crippen MR) is 119 cm³/mol. The summed E-state index contributed by atoms with van der Waals surface area (Å²) in [5, 5.41) is 7.74. The molecule has 0 saturated carbocycles. The average molecular weight is 418 g/mol. The van der Waals surface area contributed by atoms with E-state index in [9.17, 15) is 4.79 Å². The smallest absolute Gasteiger partial charge is 0.279 e. The van der Waals surface area contributed by atoms with Crippen LogP contribution in [-0.4, -0.2) is 48.6 Å². The molecule has 1 aliphatic rings. The van der Waals surface area contributed by atoms with Crippen LogP contribution in [0.15, 0.2) is 42.5 Å². The van der Waals surface area contributed by atoms with E-state index in [0.717, 1.165) is 48.7 Å². The van der Waals surface area contributed by atoms with E-state index in [1.54, 1.807) is 0 Å². The highest BCUT2D eigenvalue weighted by Crippen LogP contribution is 2.19. The van der Waals surface area contributed by atoms with Gasteiger partial charge in [-0.1, -0.05) is 29.8 Å². The third-order valence-electron chi connectivity index (χ3n) is 5.01. The summed E-state index contributed by atoms with van der Waals surface area (Å²) in [5.41, 5.74) is 4.04. The van der Waals surface area contributed by atoms with Crippen molar-refractivity contribution in [2.24, 2.45) is 0 Å². The Bertz CT molecular complexity index is 828. The van der Waals surface area contributed by atoms with Gasteiger partial charge in [-0.25, -0.2) is 0 Å². The lowest BCUT2D eigenvalue weighted by Gasteiger charge is -2.33. The summed E-state index contributed by atoms with van der Waals surface area (Å²) >= 11 is 11.4. The largest absolute Gasteiger partial charge is 0.338 e. The Balaban J connectivity index is 1.46. The maximum Gasteiger partial charge on any atom is 0.279 e. The number of anilines is 2. The summed E-state index contributed by atoms with van der Waals surface area (Å²) in [7, 11) is 0. The highest BCUT2D eigenvalue weighted by atomic mass is 35.5. The van der Waals surface area contributed by atoms with Crippen molar-refractivity contribution >= 4 is 46.2 Å². The van der Waals surface area contributed by atoms with Gasteiger partial charge < -0.3 is 20.4 Å². The minimum Gasteiger partial charge on any atom is -0.338 e. The molecule has 0 atom stereocenters. The molecule has 7 heteroatoms. The SMILES string of the molecule is Cc1cccc(C)c1NC(=O)C[NH+]1CCN(C(=S)Nc2ccc(Cl)cc2)CC1. The van der Waals surface area contributed by atoms with E-state index in [1.807, 2.05) is 56.3 Å². The van der Waals surface area contributed by atoms with Gasteiger partial charge in [0.25, 0.3) is 5.91 Å². The van der Waals surface area contributed by atoms with Crippen molar-refractivity contribution in [1.82, 2.24) is 4.90 Å². The maximum absolute atomic E-state index is 12.5. The number of aryl methyl sites for hydroxylation is 2. The van der Waals surface area contributed by atoms with Crippen molar-refractivity contribution in [1.29, 1.82) is 0 Å². The van der Waals surface area contributed by atoms with Crippen LogP contribution in [0.5, 0.6) is 0 Å². The fraction of sp³-hybridized carbons (Fsp3) is 0.333. The normalized spacial score (nSPS) is 14.6. The summed E-state index contributed by atoms with van der Waals surface area (Å²) in [6.07, 6.45) is 0. The number of benzene rings is 2. The number of nitrogens with one attached hydrogen (secondary N) is 3. The topological polar surface area (TPSA) is 48.8 Å². The highest BCUT2D eigenvalue weighted by Gasteiger charge is 2.24. The Morgan fingerprint density at radius 3 is 2.29 bits per heavy atom. The Morgan fingerprint density at radius 1 is 1.07 bits per heavy atom. The second kappa shape index (κ2) is 9.37. The second-order valence-corrected chi connectivity index (χ2v) is 7.99. The van der Waals surface area contributed by atoms with Crippen LogP contribution in [-0.2, 0) is 4.79 Å². The average Bonchev–Trinajstić information content (AvgIpc) is 2.67. The number of hydrogen-bond donors (Lipinski definition) is 3. The van der Waals surface area contributed by atoms with E-state index in [4.69, 9.17) is 23.8 Å². The number of thiocarbonyl (C=S) groups is 1. The second-order valence-electron chi connectivity index (χ2n) is 7.17. The van der Waals surface area contributed by atoms with Gasteiger partial charge in [0.2, 0.25) is 0 Å². The molecule has 3 rings (SSSR count). The quantitative estimate of drug-likeness (QED) is 0.669. The summed E-state index contributed by atoms with van der Waals surface area (Å²) in [4.78, 5) is 15.9. The van der Waals surface area contributed by atoms with E-state index < -0.39 is 0 Å².